The number of carbonyl (C=O) groups is 1. The van der Waals surface area contributed by atoms with E-state index >= 15 is 0 Å². The largest absolute Gasteiger partial charge is 0.493 e. The highest BCUT2D eigenvalue weighted by Crippen LogP contribution is 2.28. The van der Waals surface area contributed by atoms with Crippen LogP contribution in [0.2, 0.25) is 0 Å². The number of aryl methyl sites for hydroxylation is 2. The lowest BCUT2D eigenvalue weighted by atomic mass is 10.1. The Morgan fingerprint density at radius 2 is 1.64 bits per heavy atom. The number of amides is 1. The molecule has 2 aromatic carbocycles. The predicted octanol–water partition coefficient (Wildman–Crippen LogP) is 3.36. The van der Waals surface area contributed by atoms with Gasteiger partial charge in [0.2, 0.25) is 0 Å². The molecule has 0 atom stereocenters. The average molecular weight is 343 g/mol. The van der Waals surface area contributed by atoms with E-state index in [0.717, 1.165) is 22.4 Å². The van der Waals surface area contributed by atoms with Crippen molar-refractivity contribution in [1.29, 1.82) is 0 Å². The molecule has 0 unspecified atom stereocenters. The zero-order valence-electron chi connectivity index (χ0n) is 15.5. The van der Waals surface area contributed by atoms with Crippen LogP contribution >= 0.6 is 0 Å². The van der Waals surface area contributed by atoms with E-state index in [-0.39, 0.29) is 12.5 Å². The van der Waals surface area contributed by atoms with Crippen molar-refractivity contribution in [2.75, 3.05) is 27.9 Å². The third-order valence-corrected chi connectivity index (χ3v) is 4.04. The molecule has 1 amide bonds. The molecule has 0 bridgehead atoms. The fraction of sp³-hybridized carbons (Fsp3) is 0.350. The SMILES string of the molecule is COc1ccc(CN(C)C(=O)COc2c(C)cccc2C)cc1OC. The maximum Gasteiger partial charge on any atom is 0.260 e. The molecule has 0 aliphatic rings. The number of carbonyl (C=O) groups excluding carboxylic acids is 1. The molecule has 134 valence electrons. The smallest absolute Gasteiger partial charge is 0.260 e. The first-order valence-corrected chi connectivity index (χ1v) is 8.10. The molecule has 0 N–H and O–H groups in total. The van der Waals surface area contributed by atoms with E-state index in [2.05, 4.69) is 0 Å². The van der Waals surface area contributed by atoms with Crippen molar-refractivity contribution >= 4 is 5.91 Å². The lowest BCUT2D eigenvalue weighted by Gasteiger charge is -2.19. The van der Waals surface area contributed by atoms with E-state index in [0.29, 0.717) is 18.0 Å². The highest BCUT2D eigenvalue weighted by atomic mass is 16.5. The molecule has 0 heterocycles. The zero-order valence-corrected chi connectivity index (χ0v) is 15.5. The molecule has 0 aliphatic heterocycles. The number of methoxy groups -OCH3 is 2. The van der Waals surface area contributed by atoms with Gasteiger partial charge in [-0.05, 0) is 42.7 Å². The number of benzene rings is 2. The lowest BCUT2D eigenvalue weighted by Crippen LogP contribution is -2.31. The Labute approximate surface area is 149 Å². The maximum atomic E-state index is 12.4. The summed E-state index contributed by atoms with van der Waals surface area (Å²) in [5.74, 6) is 2.00. The van der Waals surface area contributed by atoms with Gasteiger partial charge in [-0.1, -0.05) is 24.3 Å². The Morgan fingerprint density at radius 3 is 2.24 bits per heavy atom. The first-order valence-electron chi connectivity index (χ1n) is 8.10. The van der Waals surface area contributed by atoms with Crippen molar-refractivity contribution < 1.29 is 19.0 Å². The number of hydrogen-bond acceptors (Lipinski definition) is 4. The summed E-state index contributed by atoms with van der Waals surface area (Å²) in [7, 11) is 4.94. The van der Waals surface area contributed by atoms with Crippen molar-refractivity contribution in [1.82, 2.24) is 4.90 Å². The van der Waals surface area contributed by atoms with Gasteiger partial charge in [0.25, 0.3) is 5.91 Å². The van der Waals surface area contributed by atoms with Crippen LogP contribution in [-0.4, -0.2) is 38.7 Å². The van der Waals surface area contributed by atoms with Gasteiger partial charge in [-0.15, -0.1) is 0 Å². The van der Waals surface area contributed by atoms with Gasteiger partial charge >= 0.3 is 0 Å². The fourth-order valence-corrected chi connectivity index (χ4v) is 2.61. The molecule has 0 spiro atoms. The third-order valence-electron chi connectivity index (χ3n) is 4.04. The minimum atomic E-state index is -0.0857. The van der Waals surface area contributed by atoms with Gasteiger partial charge < -0.3 is 19.1 Å². The highest BCUT2D eigenvalue weighted by Gasteiger charge is 2.13. The van der Waals surface area contributed by atoms with E-state index in [1.165, 1.54) is 0 Å². The van der Waals surface area contributed by atoms with Crippen LogP contribution in [0, 0.1) is 13.8 Å². The first kappa shape index (κ1) is 18.6. The molecule has 0 aliphatic carbocycles. The van der Waals surface area contributed by atoms with Gasteiger partial charge in [-0.2, -0.15) is 0 Å². The van der Waals surface area contributed by atoms with Crippen LogP contribution in [0.5, 0.6) is 17.2 Å². The number of para-hydroxylation sites is 1. The molecular weight excluding hydrogens is 318 g/mol. The maximum absolute atomic E-state index is 12.4. The average Bonchev–Trinajstić information content (AvgIpc) is 2.60. The van der Waals surface area contributed by atoms with Gasteiger partial charge in [0, 0.05) is 13.6 Å². The van der Waals surface area contributed by atoms with Crippen LogP contribution in [0.3, 0.4) is 0 Å². The molecule has 5 nitrogen and oxygen atoms in total. The van der Waals surface area contributed by atoms with Crippen LogP contribution in [-0.2, 0) is 11.3 Å². The van der Waals surface area contributed by atoms with Crippen LogP contribution in [0.1, 0.15) is 16.7 Å². The zero-order chi connectivity index (χ0) is 18.4. The fourth-order valence-electron chi connectivity index (χ4n) is 2.61. The molecule has 5 heteroatoms. The standard InChI is InChI=1S/C20H25NO4/c1-14-7-6-8-15(2)20(14)25-13-19(22)21(3)12-16-9-10-17(23-4)18(11-16)24-5/h6-11H,12-13H2,1-5H3. The molecule has 2 rings (SSSR count). The van der Waals surface area contributed by atoms with Crippen molar-refractivity contribution in [3.05, 3.63) is 53.1 Å². The summed E-state index contributed by atoms with van der Waals surface area (Å²) < 4.78 is 16.3. The summed E-state index contributed by atoms with van der Waals surface area (Å²) in [6.45, 7) is 4.42. The molecule has 0 saturated heterocycles. The molecule has 0 radical (unpaired) electrons. The second-order valence-corrected chi connectivity index (χ2v) is 5.95. The third kappa shape index (κ3) is 4.66. The summed E-state index contributed by atoms with van der Waals surface area (Å²) in [6, 6.07) is 11.5. The summed E-state index contributed by atoms with van der Waals surface area (Å²) in [5, 5.41) is 0. The second kappa shape index (κ2) is 8.42. The van der Waals surface area contributed by atoms with Gasteiger partial charge in [0.1, 0.15) is 5.75 Å². The topological polar surface area (TPSA) is 48.0 Å². The molecule has 0 fully saturated rings. The highest BCUT2D eigenvalue weighted by molar-refractivity contribution is 5.77. The minimum Gasteiger partial charge on any atom is -0.493 e. The number of rotatable bonds is 7. The molecular formula is C20H25NO4. The predicted molar refractivity (Wildman–Crippen MR) is 97.4 cm³/mol. The Morgan fingerprint density at radius 1 is 1.00 bits per heavy atom. The van der Waals surface area contributed by atoms with E-state index in [1.54, 1.807) is 26.2 Å². The van der Waals surface area contributed by atoms with Gasteiger partial charge in [-0.25, -0.2) is 0 Å². The monoisotopic (exact) mass is 343 g/mol. The Balaban J connectivity index is 1.98. The molecule has 0 saturated carbocycles. The van der Waals surface area contributed by atoms with Crippen molar-refractivity contribution in [2.45, 2.75) is 20.4 Å². The molecule has 25 heavy (non-hydrogen) atoms. The molecule has 0 aromatic heterocycles. The van der Waals surface area contributed by atoms with Gasteiger partial charge in [0.15, 0.2) is 18.1 Å². The Hall–Kier alpha value is -2.69. The Bertz CT molecular complexity index is 722. The number of nitrogens with zero attached hydrogens (tertiary/aromatic N) is 1. The number of likely N-dealkylation sites (N-methyl/N-ethyl adjacent to an activating group) is 1. The number of ether oxygens (including phenoxy) is 3. The summed E-state index contributed by atoms with van der Waals surface area (Å²) >= 11 is 0. The van der Waals surface area contributed by atoms with E-state index in [1.807, 2.05) is 50.2 Å². The van der Waals surface area contributed by atoms with E-state index in [9.17, 15) is 4.79 Å². The summed E-state index contributed by atoms with van der Waals surface area (Å²) in [6.07, 6.45) is 0. The quantitative estimate of drug-likeness (QED) is 0.773. The minimum absolute atomic E-state index is 0.00941. The normalized spacial score (nSPS) is 10.3. The van der Waals surface area contributed by atoms with E-state index in [4.69, 9.17) is 14.2 Å². The summed E-state index contributed by atoms with van der Waals surface area (Å²) in [4.78, 5) is 14.0. The van der Waals surface area contributed by atoms with Crippen molar-refractivity contribution in [2.24, 2.45) is 0 Å². The van der Waals surface area contributed by atoms with E-state index < -0.39 is 0 Å². The van der Waals surface area contributed by atoms with Gasteiger partial charge in [0.05, 0.1) is 14.2 Å². The van der Waals surface area contributed by atoms with Gasteiger partial charge in [-0.3, -0.25) is 4.79 Å². The van der Waals surface area contributed by atoms with Crippen LogP contribution < -0.4 is 14.2 Å². The number of hydrogen-bond donors (Lipinski definition) is 0. The lowest BCUT2D eigenvalue weighted by molar-refractivity contribution is -0.132. The molecule has 2 aromatic rings. The van der Waals surface area contributed by atoms with Crippen molar-refractivity contribution in [3.8, 4) is 17.2 Å². The Kier molecular flexibility index (Phi) is 6.28. The second-order valence-electron chi connectivity index (χ2n) is 5.95. The van der Waals surface area contributed by atoms with Crippen LogP contribution in [0.15, 0.2) is 36.4 Å². The first-order chi connectivity index (χ1) is 12.0. The summed E-state index contributed by atoms with van der Waals surface area (Å²) in [5.41, 5.74) is 3.01. The van der Waals surface area contributed by atoms with Crippen LogP contribution in [0.4, 0.5) is 0 Å². The van der Waals surface area contributed by atoms with Crippen LogP contribution in [0.25, 0.3) is 0 Å². The van der Waals surface area contributed by atoms with Crippen molar-refractivity contribution in [3.63, 3.8) is 0 Å².